The fourth-order valence-electron chi connectivity index (χ4n) is 0.621. The topological polar surface area (TPSA) is 9.72 Å². The van der Waals surface area contributed by atoms with Crippen molar-refractivity contribution in [1.82, 2.24) is 14.8 Å². The molecule has 0 aliphatic carbocycles. The van der Waals surface area contributed by atoms with Crippen molar-refractivity contribution in [2.75, 3.05) is 0 Å². The van der Waals surface area contributed by atoms with Crippen LogP contribution in [0.2, 0.25) is 0 Å². The summed E-state index contributed by atoms with van der Waals surface area (Å²) in [6.07, 6.45) is 0. The molecule has 3 nitrogen and oxygen atoms in total. The van der Waals surface area contributed by atoms with Crippen LogP contribution in [0.25, 0.3) is 0 Å². The highest BCUT2D eigenvalue weighted by atomic mass is 19.2. The van der Waals surface area contributed by atoms with Gasteiger partial charge in [-0.1, -0.05) is 0 Å². The largest absolute Gasteiger partial charge is 0.561 e. The summed E-state index contributed by atoms with van der Waals surface area (Å²) < 4.78 is 72.2. The number of nitrogens with zero attached hydrogens (tertiary/aromatic N) is 3. The SMILES string of the molecule is FB1N(F)B(F)N(F)B(F)N1F. The third kappa shape index (κ3) is 1.29. The fraction of sp³-hybridized carbons (Fsp3) is 0. The molecule has 0 bridgehead atoms. The average Bonchev–Trinajstić information content (AvgIpc) is 2.08. The molecule has 1 fully saturated rings. The lowest BCUT2D eigenvalue weighted by Crippen LogP contribution is -2.67. The molecule has 0 aromatic heterocycles. The molecule has 0 aromatic carbocycles. The molecule has 0 N–H and O–H groups in total. The second kappa shape index (κ2) is 3.19. The highest BCUT2D eigenvalue weighted by molar-refractivity contribution is 6.78. The molecule has 1 aliphatic heterocycles. The van der Waals surface area contributed by atoms with Crippen LogP contribution in [0.15, 0.2) is 0 Å². The number of hydrogen-bond donors (Lipinski definition) is 0. The number of halogens is 6. The minimum Gasteiger partial charge on any atom is -0.284 e. The Balaban J connectivity index is 2.76. The Bertz CT molecular complexity index is 110. The zero-order valence-corrected chi connectivity index (χ0v) is 5.34. The quantitative estimate of drug-likeness (QED) is 0.310. The molecule has 0 aromatic rings. The van der Waals surface area contributed by atoms with Crippen molar-refractivity contribution in [1.29, 1.82) is 0 Å². The average molecular weight is 188 g/mol. The summed E-state index contributed by atoms with van der Waals surface area (Å²) in [6, 6.07) is 0. The fourth-order valence-corrected chi connectivity index (χ4v) is 0.621. The van der Waals surface area contributed by atoms with Crippen molar-refractivity contribution in [3.8, 4) is 0 Å². The molecule has 0 amide bonds. The van der Waals surface area contributed by atoms with E-state index in [2.05, 4.69) is 0 Å². The van der Waals surface area contributed by atoms with E-state index in [1.54, 1.807) is 0 Å². The summed E-state index contributed by atoms with van der Waals surface area (Å²) in [4.78, 5) is -4.34. The van der Waals surface area contributed by atoms with Gasteiger partial charge in [0.25, 0.3) is 0 Å². The molecular formula is B3F6N3. The van der Waals surface area contributed by atoms with Gasteiger partial charge in [0, 0.05) is 0 Å². The van der Waals surface area contributed by atoms with Crippen molar-refractivity contribution >= 4 is 21.8 Å². The van der Waals surface area contributed by atoms with Crippen LogP contribution in [-0.4, -0.2) is 36.6 Å². The van der Waals surface area contributed by atoms with Crippen LogP contribution in [-0.2, 0) is 0 Å². The van der Waals surface area contributed by atoms with Gasteiger partial charge in [-0.25, -0.2) is 0 Å². The van der Waals surface area contributed by atoms with Gasteiger partial charge in [-0.2, -0.15) is 13.4 Å². The Labute approximate surface area is 64.2 Å². The minimum atomic E-state index is -3.29. The first-order valence-electron chi connectivity index (χ1n) is 2.71. The highest BCUT2D eigenvalue weighted by Gasteiger charge is 2.61. The maximum atomic E-state index is 12.1. The van der Waals surface area contributed by atoms with Crippen molar-refractivity contribution < 1.29 is 26.4 Å². The maximum absolute atomic E-state index is 12.1. The van der Waals surface area contributed by atoms with Gasteiger partial charge >= 0.3 is 21.8 Å². The molecule has 1 heterocycles. The summed E-state index contributed by atoms with van der Waals surface area (Å²) in [5.74, 6) is 0. The third-order valence-corrected chi connectivity index (χ3v) is 1.22. The predicted molar refractivity (Wildman–Crippen MR) is 29.4 cm³/mol. The summed E-state index contributed by atoms with van der Waals surface area (Å²) in [6.45, 7) is 0. The van der Waals surface area contributed by atoms with Crippen LogP contribution >= 0.6 is 0 Å². The summed E-state index contributed by atoms with van der Waals surface area (Å²) in [7, 11) is -9.87. The van der Waals surface area contributed by atoms with Gasteiger partial charge < -0.3 is 0 Å². The normalized spacial score (nSPS) is 24.0. The first kappa shape index (κ1) is 9.74. The van der Waals surface area contributed by atoms with Gasteiger partial charge in [0.05, 0.1) is 0 Å². The van der Waals surface area contributed by atoms with Gasteiger partial charge in [-0.15, -0.1) is 14.8 Å². The molecule has 12 heavy (non-hydrogen) atoms. The van der Waals surface area contributed by atoms with E-state index in [0.29, 0.717) is 0 Å². The van der Waals surface area contributed by atoms with Crippen molar-refractivity contribution in [3.63, 3.8) is 0 Å². The Hall–Kier alpha value is -0.345. The summed E-state index contributed by atoms with van der Waals surface area (Å²) >= 11 is 0. The lowest BCUT2D eigenvalue weighted by atomic mass is 9.74. The van der Waals surface area contributed by atoms with E-state index < -0.39 is 36.6 Å². The van der Waals surface area contributed by atoms with E-state index in [1.807, 2.05) is 0 Å². The van der Waals surface area contributed by atoms with E-state index in [0.717, 1.165) is 0 Å². The first-order valence-corrected chi connectivity index (χ1v) is 2.71. The van der Waals surface area contributed by atoms with Crippen LogP contribution in [0.5, 0.6) is 0 Å². The number of rotatable bonds is 0. The van der Waals surface area contributed by atoms with Crippen LogP contribution in [0, 0.1) is 0 Å². The number of hydrogen-bond acceptors (Lipinski definition) is 3. The zero-order chi connectivity index (χ0) is 9.46. The van der Waals surface area contributed by atoms with E-state index in [4.69, 9.17) is 0 Å². The monoisotopic (exact) mass is 189 g/mol. The van der Waals surface area contributed by atoms with E-state index in [9.17, 15) is 26.4 Å². The van der Waals surface area contributed by atoms with Gasteiger partial charge in [-0.05, 0) is 0 Å². The van der Waals surface area contributed by atoms with Gasteiger partial charge in [0.2, 0.25) is 0 Å². The minimum absolute atomic E-state index is 1.45. The Kier molecular flexibility index (Phi) is 2.59. The van der Waals surface area contributed by atoms with Crippen LogP contribution in [0.4, 0.5) is 26.4 Å². The molecule has 0 radical (unpaired) electrons. The molecule has 0 saturated carbocycles. The first-order chi connectivity index (χ1) is 5.46. The Morgan fingerprint density at radius 3 is 0.917 bits per heavy atom. The second-order valence-electron chi connectivity index (χ2n) is 1.96. The Morgan fingerprint density at radius 2 is 0.750 bits per heavy atom. The molecule has 1 rings (SSSR count). The maximum Gasteiger partial charge on any atom is 0.561 e. The molecule has 66 valence electrons. The van der Waals surface area contributed by atoms with E-state index in [1.165, 1.54) is 0 Å². The van der Waals surface area contributed by atoms with Crippen molar-refractivity contribution in [2.24, 2.45) is 0 Å². The van der Waals surface area contributed by atoms with E-state index in [-0.39, 0.29) is 0 Å². The summed E-state index contributed by atoms with van der Waals surface area (Å²) in [5, 5.41) is 0. The lowest BCUT2D eigenvalue weighted by molar-refractivity contribution is 0.0522. The van der Waals surface area contributed by atoms with Gasteiger partial charge in [0.1, 0.15) is 0 Å². The second-order valence-corrected chi connectivity index (χ2v) is 1.96. The van der Waals surface area contributed by atoms with Crippen LogP contribution < -0.4 is 0 Å². The standard InChI is InChI=1S/B3F6N3/c4-1-10(7)2(5)12(9)3(6)11(1)8. The van der Waals surface area contributed by atoms with Gasteiger partial charge in [-0.3, -0.25) is 12.9 Å². The zero-order valence-electron chi connectivity index (χ0n) is 5.34. The van der Waals surface area contributed by atoms with Crippen LogP contribution in [0.1, 0.15) is 0 Å². The molecule has 0 unspecified atom stereocenters. The molecule has 0 atom stereocenters. The van der Waals surface area contributed by atoms with Gasteiger partial charge in [0.15, 0.2) is 0 Å². The van der Waals surface area contributed by atoms with Crippen LogP contribution in [0.3, 0.4) is 0 Å². The lowest BCUT2D eigenvalue weighted by Gasteiger charge is -2.29. The smallest absolute Gasteiger partial charge is 0.284 e. The Morgan fingerprint density at radius 1 is 0.583 bits per heavy atom. The molecule has 0 spiro atoms. The van der Waals surface area contributed by atoms with E-state index >= 15 is 0 Å². The predicted octanol–water partition coefficient (Wildman–Crippen LogP) is 0.423. The molecule has 1 saturated heterocycles. The summed E-state index contributed by atoms with van der Waals surface area (Å²) in [5.41, 5.74) is 0. The molecular weight excluding hydrogens is 188 g/mol. The van der Waals surface area contributed by atoms with Crippen molar-refractivity contribution in [3.05, 3.63) is 0 Å². The third-order valence-electron chi connectivity index (χ3n) is 1.22. The molecule has 12 heteroatoms. The molecule has 1 aliphatic rings. The van der Waals surface area contributed by atoms with Crippen molar-refractivity contribution in [2.45, 2.75) is 0 Å². The highest BCUT2D eigenvalue weighted by Crippen LogP contribution is 2.22.